The van der Waals surface area contributed by atoms with Crippen LogP contribution in [0.1, 0.15) is 12.8 Å². The van der Waals surface area contributed by atoms with Gasteiger partial charge in [0.05, 0.1) is 0 Å². The van der Waals surface area contributed by atoms with Crippen molar-refractivity contribution in [1.29, 1.82) is 0 Å². The second-order valence-electron chi connectivity index (χ2n) is 4.28. The van der Waals surface area contributed by atoms with Gasteiger partial charge in [0.2, 0.25) is 0 Å². The summed E-state index contributed by atoms with van der Waals surface area (Å²) >= 11 is 0. The van der Waals surface area contributed by atoms with Gasteiger partial charge in [-0.05, 0) is 37.1 Å². The van der Waals surface area contributed by atoms with E-state index in [1.807, 2.05) is 7.05 Å². The van der Waals surface area contributed by atoms with Crippen LogP contribution in [0, 0.1) is 0 Å². The second kappa shape index (κ2) is 5.51. The first-order valence-corrected chi connectivity index (χ1v) is 6.33. The van der Waals surface area contributed by atoms with Crippen LogP contribution in [0.5, 0.6) is 0 Å². The van der Waals surface area contributed by atoms with Crippen molar-refractivity contribution < 1.29 is 0 Å². The highest BCUT2D eigenvalue weighted by molar-refractivity contribution is 7.13. The fourth-order valence-electron chi connectivity index (χ4n) is 2.01. The van der Waals surface area contributed by atoms with Gasteiger partial charge < -0.3 is 10.6 Å². The Labute approximate surface area is 99.9 Å². The Morgan fingerprint density at radius 3 is 2.25 bits per heavy atom. The summed E-state index contributed by atoms with van der Waals surface area (Å²) in [5.74, 6) is 0. The molecule has 16 heavy (non-hydrogen) atoms. The highest BCUT2D eigenvalue weighted by atomic mass is 31.0. The van der Waals surface area contributed by atoms with Gasteiger partial charge in [-0.15, -0.1) is 0 Å². The van der Waals surface area contributed by atoms with Crippen molar-refractivity contribution in [2.45, 2.75) is 18.9 Å². The van der Waals surface area contributed by atoms with E-state index >= 15 is 0 Å². The van der Waals surface area contributed by atoms with Crippen LogP contribution in [0.15, 0.2) is 24.3 Å². The molecule has 1 aromatic carbocycles. The zero-order chi connectivity index (χ0) is 11.4. The number of nitrogens with zero attached hydrogens (tertiary/aromatic N) is 1. The largest absolute Gasteiger partial charge is 0.388 e. The van der Waals surface area contributed by atoms with Crippen LogP contribution in [0.3, 0.4) is 0 Å². The molecular formula is C12H20N3P. The van der Waals surface area contributed by atoms with Gasteiger partial charge in [-0.1, -0.05) is 9.39 Å². The third-order valence-corrected chi connectivity index (χ3v) is 3.59. The lowest BCUT2D eigenvalue weighted by molar-refractivity contribution is 0.357. The molecule has 1 aliphatic heterocycles. The van der Waals surface area contributed by atoms with E-state index in [1.54, 1.807) is 0 Å². The number of nitrogens with one attached hydrogen (secondary N) is 2. The molecule has 1 fully saturated rings. The second-order valence-corrected chi connectivity index (χ2v) is 5.01. The summed E-state index contributed by atoms with van der Waals surface area (Å²) in [5, 5.41) is 6.72. The van der Waals surface area contributed by atoms with Crippen LogP contribution in [-0.2, 0) is 0 Å². The van der Waals surface area contributed by atoms with E-state index in [9.17, 15) is 0 Å². The first-order chi connectivity index (χ1) is 7.78. The number of hydrogen-bond acceptors (Lipinski definition) is 3. The van der Waals surface area contributed by atoms with Gasteiger partial charge in [0.25, 0.3) is 0 Å². The van der Waals surface area contributed by atoms with Gasteiger partial charge in [-0.2, -0.15) is 0 Å². The van der Waals surface area contributed by atoms with Crippen LogP contribution < -0.4 is 10.6 Å². The molecular weight excluding hydrogens is 217 g/mol. The minimum atomic E-state index is 0.622. The van der Waals surface area contributed by atoms with E-state index in [1.165, 1.54) is 18.5 Å². The van der Waals surface area contributed by atoms with Crippen LogP contribution in [0.4, 0.5) is 11.4 Å². The van der Waals surface area contributed by atoms with Crippen molar-refractivity contribution in [3.05, 3.63) is 24.3 Å². The zero-order valence-electron chi connectivity index (χ0n) is 9.74. The predicted molar refractivity (Wildman–Crippen MR) is 73.9 cm³/mol. The molecule has 0 aliphatic carbocycles. The molecule has 3 nitrogen and oxygen atoms in total. The van der Waals surface area contributed by atoms with Crippen molar-refractivity contribution in [3.63, 3.8) is 0 Å². The number of benzene rings is 1. The Balaban J connectivity index is 1.88. The van der Waals surface area contributed by atoms with Crippen LogP contribution in [0.25, 0.3) is 0 Å². The van der Waals surface area contributed by atoms with Gasteiger partial charge in [0.15, 0.2) is 0 Å². The minimum Gasteiger partial charge on any atom is -0.388 e. The molecule has 1 aliphatic rings. The molecule has 0 spiro atoms. The van der Waals surface area contributed by atoms with E-state index in [-0.39, 0.29) is 0 Å². The van der Waals surface area contributed by atoms with Gasteiger partial charge >= 0.3 is 0 Å². The van der Waals surface area contributed by atoms with Gasteiger partial charge in [-0.3, -0.25) is 4.67 Å². The molecule has 1 unspecified atom stereocenters. The van der Waals surface area contributed by atoms with Gasteiger partial charge in [-0.25, -0.2) is 0 Å². The summed E-state index contributed by atoms with van der Waals surface area (Å²) in [7, 11) is 4.72. The Hall–Kier alpha value is -0.790. The first-order valence-electron chi connectivity index (χ1n) is 5.82. The molecule has 0 aromatic heterocycles. The standard InChI is InChI=1S/C12H20N3P/c1-13-10-2-4-11(5-3-10)14-12-6-8-15(16)9-7-12/h2-5,12-14H,6-9,16H2,1H3. The summed E-state index contributed by atoms with van der Waals surface area (Å²) in [4.78, 5) is 0. The number of anilines is 2. The predicted octanol–water partition coefficient (Wildman–Crippen LogP) is 2.39. The van der Waals surface area contributed by atoms with Gasteiger partial charge in [0.1, 0.15) is 0 Å². The lowest BCUT2D eigenvalue weighted by Crippen LogP contribution is -2.33. The van der Waals surface area contributed by atoms with Crippen LogP contribution in [0.2, 0.25) is 0 Å². The maximum Gasteiger partial charge on any atom is 0.0343 e. The Morgan fingerprint density at radius 1 is 1.12 bits per heavy atom. The van der Waals surface area contributed by atoms with E-state index in [0.717, 1.165) is 18.8 Å². The molecule has 1 aromatic rings. The SMILES string of the molecule is CNc1ccc(NC2CCN(P)CC2)cc1. The molecule has 0 amide bonds. The smallest absolute Gasteiger partial charge is 0.0343 e. The average molecular weight is 237 g/mol. The number of piperidine rings is 1. The normalized spacial score (nSPS) is 18.4. The molecule has 1 saturated heterocycles. The van der Waals surface area contributed by atoms with Gasteiger partial charge in [0, 0.05) is 37.6 Å². The molecule has 1 heterocycles. The first kappa shape index (κ1) is 11.7. The lowest BCUT2D eigenvalue weighted by atomic mass is 10.1. The topological polar surface area (TPSA) is 27.3 Å². The van der Waals surface area contributed by atoms with E-state index < -0.39 is 0 Å². The van der Waals surface area contributed by atoms with Crippen molar-refractivity contribution in [2.24, 2.45) is 0 Å². The third-order valence-electron chi connectivity index (χ3n) is 3.07. The fourth-order valence-corrected chi connectivity index (χ4v) is 2.31. The average Bonchev–Trinajstić information content (AvgIpc) is 2.33. The van der Waals surface area contributed by atoms with Crippen LogP contribution in [-0.4, -0.2) is 30.8 Å². The molecule has 88 valence electrons. The summed E-state index contributed by atoms with van der Waals surface area (Å²) in [6.07, 6.45) is 2.44. The van der Waals surface area contributed by atoms with Crippen molar-refractivity contribution in [3.8, 4) is 0 Å². The van der Waals surface area contributed by atoms with E-state index in [2.05, 4.69) is 49.0 Å². The summed E-state index contributed by atoms with van der Waals surface area (Å²) in [5.41, 5.74) is 2.38. The maximum absolute atomic E-state index is 3.59. The monoisotopic (exact) mass is 237 g/mol. The van der Waals surface area contributed by atoms with Crippen molar-refractivity contribution >= 4 is 20.8 Å². The summed E-state index contributed by atoms with van der Waals surface area (Å²) < 4.78 is 2.31. The van der Waals surface area contributed by atoms with Crippen LogP contribution >= 0.6 is 9.39 Å². The van der Waals surface area contributed by atoms with Crippen molar-refractivity contribution in [2.75, 3.05) is 30.8 Å². The number of hydrogen-bond donors (Lipinski definition) is 2. The summed E-state index contributed by atoms with van der Waals surface area (Å²) in [6, 6.07) is 9.11. The molecule has 4 heteroatoms. The third kappa shape index (κ3) is 3.10. The lowest BCUT2D eigenvalue weighted by Gasteiger charge is -2.29. The van der Waals surface area contributed by atoms with Crippen molar-refractivity contribution in [1.82, 2.24) is 4.67 Å². The molecule has 2 rings (SSSR count). The van der Waals surface area contributed by atoms with E-state index in [4.69, 9.17) is 0 Å². The fraction of sp³-hybridized carbons (Fsp3) is 0.500. The quantitative estimate of drug-likeness (QED) is 0.790. The Bertz CT molecular complexity index is 318. The molecule has 0 saturated carbocycles. The Kier molecular flexibility index (Phi) is 4.03. The highest BCUT2D eigenvalue weighted by Crippen LogP contribution is 2.19. The Morgan fingerprint density at radius 2 is 1.69 bits per heavy atom. The maximum atomic E-state index is 3.59. The molecule has 1 atom stereocenters. The molecule has 2 N–H and O–H groups in total. The molecule has 0 bridgehead atoms. The molecule has 0 radical (unpaired) electrons. The minimum absolute atomic E-state index is 0.622. The zero-order valence-corrected chi connectivity index (χ0v) is 10.9. The number of rotatable bonds is 3. The highest BCUT2D eigenvalue weighted by Gasteiger charge is 2.15. The summed E-state index contributed by atoms with van der Waals surface area (Å²) in [6.45, 7) is 2.33. The van der Waals surface area contributed by atoms with E-state index in [0.29, 0.717) is 6.04 Å².